The van der Waals surface area contributed by atoms with Crippen molar-refractivity contribution in [1.82, 2.24) is 15.2 Å². The number of furan rings is 1. The van der Waals surface area contributed by atoms with Crippen LogP contribution in [0.15, 0.2) is 77.6 Å². The van der Waals surface area contributed by atoms with Gasteiger partial charge < -0.3 is 14.5 Å². The number of hydrogen-bond donors (Lipinski definition) is 1. The zero-order valence-electron chi connectivity index (χ0n) is 17.4. The summed E-state index contributed by atoms with van der Waals surface area (Å²) >= 11 is 0. The zero-order valence-corrected chi connectivity index (χ0v) is 17.4. The summed E-state index contributed by atoms with van der Waals surface area (Å²) in [4.78, 5) is 18.9. The molecule has 3 heterocycles. The molecule has 1 fully saturated rings. The van der Waals surface area contributed by atoms with Crippen LogP contribution in [0, 0.1) is 0 Å². The van der Waals surface area contributed by atoms with Crippen molar-refractivity contribution in [3.63, 3.8) is 0 Å². The van der Waals surface area contributed by atoms with E-state index in [1.807, 2.05) is 48.5 Å². The summed E-state index contributed by atoms with van der Waals surface area (Å²) < 4.78 is 11.4. The zero-order chi connectivity index (χ0) is 21.3. The molecular formula is C25H27N3O3. The number of ether oxygens (including phenoxy) is 1. The molecule has 0 aliphatic carbocycles. The summed E-state index contributed by atoms with van der Waals surface area (Å²) in [5.41, 5.74) is 1.44. The van der Waals surface area contributed by atoms with Gasteiger partial charge in [-0.25, -0.2) is 0 Å². The van der Waals surface area contributed by atoms with Crippen molar-refractivity contribution in [2.24, 2.45) is 0 Å². The van der Waals surface area contributed by atoms with E-state index in [4.69, 9.17) is 9.15 Å². The van der Waals surface area contributed by atoms with Crippen LogP contribution >= 0.6 is 0 Å². The van der Waals surface area contributed by atoms with E-state index in [1.54, 1.807) is 24.6 Å². The summed E-state index contributed by atoms with van der Waals surface area (Å²) in [6.45, 7) is 3.32. The molecule has 3 aromatic rings. The maximum Gasteiger partial charge on any atom is 0.251 e. The maximum absolute atomic E-state index is 12.3. The molecule has 0 atom stereocenters. The van der Waals surface area contributed by atoms with Gasteiger partial charge >= 0.3 is 0 Å². The molecule has 31 heavy (non-hydrogen) atoms. The topological polar surface area (TPSA) is 67.6 Å². The van der Waals surface area contributed by atoms with Gasteiger partial charge in [0.2, 0.25) is 0 Å². The van der Waals surface area contributed by atoms with Gasteiger partial charge in [0.05, 0.1) is 18.5 Å². The highest BCUT2D eigenvalue weighted by Crippen LogP contribution is 2.20. The molecule has 160 valence electrons. The summed E-state index contributed by atoms with van der Waals surface area (Å²) in [6, 6.07) is 16.8. The van der Waals surface area contributed by atoms with Gasteiger partial charge in [-0.15, -0.1) is 0 Å². The fraction of sp³-hybridized carbons (Fsp3) is 0.280. The van der Waals surface area contributed by atoms with Crippen LogP contribution in [0.25, 0.3) is 6.08 Å². The first-order valence-corrected chi connectivity index (χ1v) is 10.6. The highest BCUT2D eigenvalue weighted by Gasteiger charge is 2.20. The van der Waals surface area contributed by atoms with E-state index in [2.05, 4.69) is 21.3 Å². The first-order valence-electron chi connectivity index (χ1n) is 10.6. The van der Waals surface area contributed by atoms with Crippen LogP contribution in [0.4, 0.5) is 0 Å². The molecule has 1 N–H and O–H groups in total. The predicted octanol–water partition coefficient (Wildman–Crippen LogP) is 4.16. The number of nitrogens with zero attached hydrogens (tertiary/aromatic N) is 2. The van der Waals surface area contributed by atoms with E-state index < -0.39 is 0 Å². The van der Waals surface area contributed by atoms with Crippen molar-refractivity contribution in [1.29, 1.82) is 0 Å². The number of pyridine rings is 1. The second-order valence-corrected chi connectivity index (χ2v) is 7.56. The summed E-state index contributed by atoms with van der Waals surface area (Å²) in [6.07, 6.45) is 9.73. The molecule has 1 aromatic carbocycles. The molecule has 0 spiro atoms. The van der Waals surface area contributed by atoms with Crippen molar-refractivity contribution in [3.8, 4) is 5.75 Å². The minimum atomic E-state index is -0.117. The van der Waals surface area contributed by atoms with E-state index >= 15 is 0 Å². The van der Waals surface area contributed by atoms with Crippen LogP contribution < -0.4 is 10.1 Å². The molecule has 1 amide bonds. The van der Waals surface area contributed by atoms with Gasteiger partial charge in [-0.1, -0.05) is 12.1 Å². The Morgan fingerprint density at radius 2 is 1.97 bits per heavy atom. The van der Waals surface area contributed by atoms with Crippen LogP contribution in [-0.4, -0.2) is 41.5 Å². The van der Waals surface area contributed by atoms with Gasteiger partial charge in [0.15, 0.2) is 0 Å². The Bertz CT molecular complexity index is 961. The van der Waals surface area contributed by atoms with Gasteiger partial charge in [0.25, 0.3) is 5.91 Å². The van der Waals surface area contributed by atoms with Gasteiger partial charge in [-0.05, 0) is 67.4 Å². The molecule has 6 heteroatoms. The van der Waals surface area contributed by atoms with Crippen molar-refractivity contribution >= 4 is 12.0 Å². The third kappa shape index (κ3) is 6.30. The van der Waals surface area contributed by atoms with Crippen LogP contribution in [0.2, 0.25) is 0 Å². The summed E-state index contributed by atoms with van der Waals surface area (Å²) in [7, 11) is 0. The van der Waals surface area contributed by atoms with Crippen LogP contribution in [-0.2, 0) is 6.54 Å². The van der Waals surface area contributed by atoms with Crippen LogP contribution in [0.5, 0.6) is 5.75 Å². The Morgan fingerprint density at radius 1 is 1.13 bits per heavy atom. The Hall–Kier alpha value is -3.38. The smallest absolute Gasteiger partial charge is 0.251 e. The van der Waals surface area contributed by atoms with Gasteiger partial charge in [0.1, 0.15) is 17.6 Å². The predicted molar refractivity (Wildman–Crippen MR) is 120 cm³/mol. The van der Waals surface area contributed by atoms with E-state index in [1.165, 1.54) is 0 Å². The number of aromatic nitrogens is 1. The minimum absolute atomic E-state index is 0.117. The average Bonchev–Trinajstić information content (AvgIpc) is 3.33. The molecule has 4 rings (SSSR count). The molecular weight excluding hydrogens is 390 g/mol. The van der Waals surface area contributed by atoms with E-state index in [0.29, 0.717) is 12.1 Å². The highest BCUT2D eigenvalue weighted by molar-refractivity contribution is 5.94. The van der Waals surface area contributed by atoms with Gasteiger partial charge in [-0.2, -0.15) is 0 Å². The molecule has 0 saturated carbocycles. The molecule has 0 bridgehead atoms. The summed E-state index contributed by atoms with van der Waals surface area (Å²) in [5, 5.41) is 2.89. The van der Waals surface area contributed by atoms with Crippen molar-refractivity contribution in [2.45, 2.75) is 25.5 Å². The monoisotopic (exact) mass is 417 g/mol. The third-order valence-corrected chi connectivity index (χ3v) is 5.30. The van der Waals surface area contributed by atoms with Crippen molar-refractivity contribution in [3.05, 3.63) is 90.2 Å². The molecule has 1 aliphatic heterocycles. The second kappa shape index (κ2) is 10.6. The average molecular weight is 418 g/mol. The van der Waals surface area contributed by atoms with Crippen LogP contribution in [0.1, 0.15) is 34.7 Å². The number of carbonyl (C=O) groups excluding carboxylic acids is 1. The van der Waals surface area contributed by atoms with Crippen LogP contribution in [0.3, 0.4) is 0 Å². The number of nitrogens with one attached hydrogen (secondary N) is 1. The molecule has 1 aliphatic rings. The number of rotatable bonds is 8. The standard InChI is InChI=1S/C25H27N3O3/c29-25(27-19-21-5-1-2-14-26-21)20-8-10-23(11-9-20)31-24-12-16-28(17-13-24)15-3-6-22-7-4-18-30-22/h1-11,14,18,24H,12-13,15-17,19H2,(H,27,29)/b6-3+. The maximum atomic E-state index is 12.3. The lowest BCUT2D eigenvalue weighted by Gasteiger charge is -2.31. The second-order valence-electron chi connectivity index (χ2n) is 7.56. The molecule has 1 saturated heterocycles. The largest absolute Gasteiger partial charge is 0.490 e. The minimum Gasteiger partial charge on any atom is -0.490 e. The Labute approximate surface area is 182 Å². The van der Waals surface area contributed by atoms with Crippen molar-refractivity contribution < 1.29 is 13.9 Å². The third-order valence-electron chi connectivity index (χ3n) is 5.30. The Morgan fingerprint density at radius 3 is 2.68 bits per heavy atom. The molecule has 2 aromatic heterocycles. The SMILES string of the molecule is O=C(NCc1ccccn1)c1ccc(OC2CCN(C/C=C/c3ccco3)CC2)cc1. The Balaban J connectivity index is 1.19. The number of amides is 1. The van der Waals surface area contributed by atoms with Crippen molar-refractivity contribution in [2.75, 3.05) is 19.6 Å². The van der Waals surface area contributed by atoms with E-state index in [-0.39, 0.29) is 12.0 Å². The fourth-order valence-electron chi connectivity index (χ4n) is 3.57. The number of piperidine rings is 1. The molecule has 0 unspecified atom stereocenters. The lowest BCUT2D eigenvalue weighted by molar-refractivity contribution is 0.0950. The molecule has 0 radical (unpaired) electrons. The highest BCUT2D eigenvalue weighted by atomic mass is 16.5. The molecule has 6 nitrogen and oxygen atoms in total. The van der Waals surface area contributed by atoms with E-state index in [9.17, 15) is 4.79 Å². The summed E-state index contributed by atoms with van der Waals surface area (Å²) in [5.74, 6) is 1.57. The van der Waals surface area contributed by atoms with Gasteiger partial charge in [0, 0.05) is 31.4 Å². The normalized spacial score (nSPS) is 15.2. The quantitative estimate of drug-likeness (QED) is 0.596. The lowest BCUT2D eigenvalue weighted by atomic mass is 10.1. The number of likely N-dealkylation sites (tertiary alicyclic amines) is 1. The van der Waals surface area contributed by atoms with Gasteiger partial charge in [-0.3, -0.25) is 14.7 Å². The Kier molecular flexibility index (Phi) is 7.13. The fourth-order valence-corrected chi connectivity index (χ4v) is 3.57. The lowest BCUT2D eigenvalue weighted by Crippen LogP contribution is -2.38. The first-order chi connectivity index (χ1) is 15.3. The number of carbonyl (C=O) groups is 1. The number of benzene rings is 1. The number of hydrogen-bond acceptors (Lipinski definition) is 5. The first kappa shape index (κ1) is 20.9. The van der Waals surface area contributed by atoms with E-state index in [0.717, 1.165) is 49.7 Å².